The van der Waals surface area contributed by atoms with Crippen LogP contribution < -0.4 is 0 Å². The molecular weight excluding hydrogens is 158 g/mol. The molecule has 1 N–H and O–H groups in total. The van der Waals surface area contributed by atoms with Gasteiger partial charge in [-0.05, 0) is 19.8 Å². The molecule has 0 aromatic rings. The van der Waals surface area contributed by atoms with Crippen molar-refractivity contribution in [2.24, 2.45) is 0 Å². The zero-order valence-electron chi connectivity index (χ0n) is 9.10. The first-order chi connectivity index (χ1) is 6.31. The summed E-state index contributed by atoms with van der Waals surface area (Å²) in [5.74, 6) is 0. The summed E-state index contributed by atoms with van der Waals surface area (Å²) in [4.78, 5) is 0. The quantitative estimate of drug-likeness (QED) is 0.327. The molecule has 0 amide bonds. The largest absolute Gasteiger partial charge is 0.309 e. The molecule has 13 heavy (non-hydrogen) atoms. The molecule has 0 unspecified atom stereocenters. The van der Waals surface area contributed by atoms with E-state index in [0.29, 0.717) is 0 Å². The molecule has 76 valence electrons. The third-order valence-corrected chi connectivity index (χ3v) is 2.18. The van der Waals surface area contributed by atoms with Crippen LogP contribution in [0.3, 0.4) is 0 Å². The van der Waals surface area contributed by atoms with Gasteiger partial charge in [0.25, 0.3) is 0 Å². The lowest BCUT2D eigenvalue weighted by molar-refractivity contribution is 0.642. The molecule has 0 bridgehead atoms. The Kier molecular flexibility index (Phi) is 9.07. The highest BCUT2D eigenvalue weighted by Gasteiger charge is 1.94. The van der Waals surface area contributed by atoms with Crippen LogP contribution in [0.1, 0.15) is 58.8 Å². The van der Waals surface area contributed by atoms with Gasteiger partial charge in [-0.3, -0.25) is 0 Å². The highest BCUT2D eigenvalue weighted by Crippen LogP contribution is 2.06. The van der Waals surface area contributed by atoms with Gasteiger partial charge in [0.05, 0.1) is 0 Å². The van der Waals surface area contributed by atoms with Crippen molar-refractivity contribution < 1.29 is 0 Å². The van der Waals surface area contributed by atoms with Gasteiger partial charge in [-0.25, -0.2) is 0 Å². The fourth-order valence-electron chi connectivity index (χ4n) is 1.30. The highest BCUT2D eigenvalue weighted by molar-refractivity contribution is 5.82. The van der Waals surface area contributed by atoms with Gasteiger partial charge in [0.2, 0.25) is 0 Å². The van der Waals surface area contributed by atoms with Crippen LogP contribution in [0, 0.1) is 5.41 Å². The van der Waals surface area contributed by atoms with Crippen LogP contribution in [-0.4, -0.2) is 5.71 Å². The van der Waals surface area contributed by atoms with Crippen LogP contribution in [0.4, 0.5) is 0 Å². The van der Waals surface area contributed by atoms with E-state index in [1.54, 1.807) is 0 Å². The van der Waals surface area contributed by atoms with Gasteiger partial charge in [0.1, 0.15) is 0 Å². The third-order valence-electron chi connectivity index (χ3n) is 2.18. The smallest absolute Gasteiger partial charge is 0.0127 e. The van der Waals surface area contributed by atoms with E-state index in [1.165, 1.54) is 32.1 Å². The average molecular weight is 181 g/mol. The molecule has 1 heteroatoms. The topological polar surface area (TPSA) is 23.9 Å². The Morgan fingerprint density at radius 2 is 1.85 bits per heavy atom. The lowest BCUT2D eigenvalue weighted by Crippen LogP contribution is -1.93. The lowest BCUT2D eigenvalue weighted by atomic mass is 10.1. The number of allylic oxidation sites excluding steroid dienone is 2. The molecule has 0 saturated heterocycles. The maximum Gasteiger partial charge on any atom is 0.0127 e. The van der Waals surface area contributed by atoms with Crippen LogP contribution in [0.5, 0.6) is 0 Å². The molecule has 0 spiro atoms. The van der Waals surface area contributed by atoms with Crippen molar-refractivity contribution in [1.29, 1.82) is 5.41 Å². The number of hydrogen-bond donors (Lipinski definition) is 1. The van der Waals surface area contributed by atoms with E-state index in [2.05, 4.69) is 13.0 Å². The molecule has 0 rings (SSSR count). The minimum absolute atomic E-state index is 0.851. The summed E-state index contributed by atoms with van der Waals surface area (Å²) < 4.78 is 0. The second-order valence-electron chi connectivity index (χ2n) is 3.54. The number of rotatable bonds is 8. The van der Waals surface area contributed by atoms with E-state index in [9.17, 15) is 0 Å². The highest BCUT2D eigenvalue weighted by atomic mass is 14.4. The fourth-order valence-corrected chi connectivity index (χ4v) is 1.30. The first-order valence-corrected chi connectivity index (χ1v) is 5.48. The first kappa shape index (κ1) is 12.4. The number of unbranched alkanes of at least 4 members (excludes halogenated alkanes) is 4. The van der Waals surface area contributed by atoms with Gasteiger partial charge >= 0.3 is 0 Å². The third kappa shape index (κ3) is 9.32. The summed E-state index contributed by atoms with van der Waals surface area (Å²) >= 11 is 0. The van der Waals surface area contributed by atoms with E-state index in [0.717, 1.165) is 18.6 Å². The van der Waals surface area contributed by atoms with Crippen LogP contribution in [0.15, 0.2) is 12.2 Å². The van der Waals surface area contributed by atoms with Crippen molar-refractivity contribution in [2.45, 2.75) is 58.8 Å². The van der Waals surface area contributed by atoms with Gasteiger partial charge in [-0.1, -0.05) is 44.8 Å². The van der Waals surface area contributed by atoms with Gasteiger partial charge < -0.3 is 5.41 Å². The molecule has 0 aromatic carbocycles. The van der Waals surface area contributed by atoms with Gasteiger partial charge in [0, 0.05) is 12.1 Å². The van der Waals surface area contributed by atoms with Crippen LogP contribution in [0.25, 0.3) is 0 Å². The maximum atomic E-state index is 7.62. The van der Waals surface area contributed by atoms with Crippen molar-refractivity contribution in [3.8, 4) is 0 Å². The van der Waals surface area contributed by atoms with Crippen LogP contribution in [-0.2, 0) is 0 Å². The second-order valence-corrected chi connectivity index (χ2v) is 3.54. The minimum Gasteiger partial charge on any atom is -0.309 e. The summed E-state index contributed by atoms with van der Waals surface area (Å²) in [5.41, 5.74) is 0.884. The predicted molar refractivity (Wildman–Crippen MR) is 60.5 cm³/mol. The average Bonchev–Trinajstić information content (AvgIpc) is 2.14. The Morgan fingerprint density at radius 1 is 1.15 bits per heavy atom. The molecule has 0 heterocycles. The Bertz CT molecular complexity index is 147. The van der Waals surface area contributed by atoms with Crippen molar-refractivity contribution >= 4 is 5.71 Å². The van der Waals surface area contributed by atoms with Gasteiger partial charge in [0.15, 0.2) is 0 Å². The molecule has 0 saturated carbocycles. The summed E-state index contributed by atoms with van der Waals surface area (Å²) in [6, 6.07) is 0. The lowest BCUT2D eigenvalue weighted by Gasteiger charge is -2.00. The molecule has 0 aliphatic carbocycles. The van der Waals surface area contributed by atoms with Gasteiger partial charge in [-0.15, -0.1) is 0 Å². The number of nitrogens with one attached hydrogen (secondary N) is 1. The fraction of sp³-hybridized carbons (Fsp3) is 0.750. The van der Waals surface area contributed by atoms with E-state index in [1.807, 2.05) is 13.0 Å². The summed E-state index contributed by atoms with van der Waals surface area (Å²) in [5, 5.41) is 7.62. The van der Waals surface area contributed by atoms with Crippen LogP contribution in [0.2, 0.25) is 0 Å². The first-order valence-electron chi connectivity index (χ1n) is 5.48. The monoisotopic (exact) mass is 181 g/mol. The Morgan fingerprint density at radius 3 is 2.46 bits per heavy atom. The molecule has 0 aromatic heterocycles. The predicted octanol–water partition coefficient (Wildman–Crippen LogP) is 4.33. The van der Waals surface area contributed by atoms with E-state index < -0.39 is 0 Å². The molecular formula is C12H23N. The van der Waals surface area contributed by atoms with Crippen molar-refractivity contribution in [3.63, 3.8) is 0 Å². The van der Waals surface area contributed by atoms with E-state index in [-0.39, 0.29) is 0 Å². The Hall–Kier alpha value is -0.590. The van der Waals surface area contributed by atoms with Crippen molar-refractivity contribution in [2.75, 3.05) is 0 Å². The molecule has 0 radical (unpaired) electrons. The van der Waals surface area contributed by atoms with E-state index in [4.69, 9.17) is 5.41 Å². The zero-order chi connectivity index (χ0) is 9.94. The molecule has 0 fully saturated rings. The molecule has 0 aliphatic heterocycles. The zero-order valence-corrected chi connectivity index (χ0v) is 9.10. The SMILES string of the molecule is CC=CCC(=N)CCCCCCC. The maximum absolute atomic E-state index is 7.62. The Labute approximate surface area is 82.7 Å². The minimum atomic E-state index is 0.851. The summed E-state index contributed by atoms with van der Waals surface area (Å²) in [7, 11) is 0. The summed E-state index contributed by atoms with van der Waals surface area (Å²) in [6.07, 6.45) is 12.4. The normalized spacial score (nSPS) is 10.9. The van der Waals surface area contributed by atoms with Crippen molar-refractivity contribution in [1.82, 2.24) is 0 Å². The number of hydrogen-bond acceptors (Lipinski definition) is 1. The Balaban J connectivity index is 3.17. The summed E-state index contributed by atoms with van der Waals surface area (Å²) in [6.45, 7) is 4.24. The van der Waals surface area contributed by atoms with E-state index >= 15 is 0 Å². The standard InChI is InChI=1S/C12H23N/c1-3-5-7-8-9-11-12(13)10-6-4-2/h4,6,13H,3,5,7-11H2,1-2H3. The molecule has 0 aliphatic rings. The van der Waals surface area contributed by atoms with Crippen LogP contribution >= 0.6 is 0 Å². The van der Waals surface area contributed by atoms with Gasteiger partial charge in [-0.2, -0.15) is 0 Å². The second kappa shape index (κ2) is 9.50. The van der Waals surface area contributed by atoms with Crippen molar-refractivity contribution in [3.05, 3.63) is 12.2 Å². The molecule has 1 nitrogen and oxygen atoms in total. The molecule has 0 atom stereocenters.